The first-order valence-electron chi connectivity index (χ1n) is 7.91. The number of nitrogens with one attached hydrogen (secondary N) is 1. The molecule has 1 aromatic rings. The highest BCUT2D eigenvalue weighted by Crippen LogP contribution is 2.25. The Morgan fingerprint density at radius 2 is 2.15 bits per heavy atom. The number of nitrogens with zero attached hydrogens (tertiary/aromatic N) is 1. The van der Waals surface area contributed by atoms with Crippen LogP contribution in [0.2, 0.25) is 0 Å². The summed E-state index contributed by atoms with van der Waals surface area (Å²) in [6, 6.07) is 10.8. The molecule has 2 heterocycles. The van der Waals surface area contributed by atoms with Gasteiger partial charge in [-0.3, -0.25) is 4.90 Å². The summed E-state index contributed by atoms with van der Waals surface area (Å²) in [5, 5.41) is 3.75. The van der Waals surface area contributed by atoms with Gasteiger partial charge in [0.25, 0.3) is 0 Å². The predicted octanol–water partition coefficient (Wildman–Crippen LogP) is 2.38. The van der Waals surface area contributed by atoms with Crippen LogP contribution in [0, 0.1) is 0 Å². The minimum absolute atomic E-state index is 0.0519. The van der Waals surface area contributed by atoms with Crippen molar-refractivity contribution in [1.29, 1.82) is 0 Å². The summed E-state index contributed by atoms with van der Waals surface area (Å²) in [6.07, 6.45) is 4.13. The second kappa shape index (κ2) is 6.25. The molecule has 2 aliphatic heterocycles. The average molecular weight is 274 g/mol. The summed E-state index contributed by atoms with van der Waals surface area (Å²) in [5.74, 6) is 0. The van der Waals surface area contributed by atoms with Gasteiger partial charge in [0.15, 0.2) is 0 Å². The Morgan fingerprint density at radius 3 is 2.90 bits per heavy atom. The van der Waals surface area contributed by atoms with Crippen LogP contribution in [0.15, 0.2) is 30.3 Å². The first-order chi connectivity index (χ1) is 9.76. The maximum Gasteiger partial charge on any atom is 0.0702 e. The van der Waals surface area contributed by atoms with Crippen LogP contribution in [0.3, 0.4) is 0 Å². The Kier molecular flexibility index (Phi) is 4.39. The molecule has 2 unspecified atom stereocenters. The van der Waals surface area contributed by atoms with Gasteiger partial charge in [0.1, 0.15) is 0 Å². The molecule has 1 aromatic carbocycles. The maximum absolute atomic E-state index is 5.81. The Balaban J connectivity index is 1.71. The molecule has 20 heavy (non-hydrogen) atoms. The highest BCUT2D eigenvalue weighted by molar-refractivity contribution is 5.24. The van der Waals surface area contributed by atoms with Crippen molar-refractivity contribution in [3.8, 4) is 0 Å². The molecule has 3 heteroatoms. The fourth-order valence-electron chi connectivity index (χ4n) is 3.48. The molecular weight excluding hydrogens is 248 g/mol. The third-order valence-corrected chi connectivity index (χ3v) is 4.60. The van der Waals surface area contributed by atoms with E-state index in [0.717, 1.165) is 26.2 Å². The monoisotopic (exact) mass is 274 g/mol. The zero-order chi connectivity index (χ0) is 13.8. The molecule has 0 amide bonds. The lowest BCUT2D eigenvalue weighted by molar-refractivity contribution is 0.0673. The molecule has 0 bridgehead atoms. The number of ether oxygens (including phenoxy) is 1. The van der Waals surface area contributed by atoms with Crippen LogP contribution in [0.25, 0.3) is 0 Å². The van der Waals surface area contributed by atoms with E-state index < -0.39 is 0 Å². The zero-order valence-corrected chi connectivity index (χ0v) is 12.5. The van der Waals surface area contributed by atoms with Crippen LogP contribution in [0.1, 0.15) is 31.7 Å². The van der Waals surface area contributed by atoms with E-state index in [1.54, 1.807) is 0 Å². The van der Waals surface area contributed by atoms with Gasteiger partial charge in [-0.1, -0.05) is 30.3 Å². The van der Waals surface area contributed by atoms with Crippen LogP contribution in [0.5, 0.6) is 0 Å². The summed E-state index contributed by atoms with van der Waals surface area (Å²) >= 11 is 0. The molecule has 1 N–H and O–H groups in total. The molecule has 0 spiro atoms. The molecular formula is C17H26N2O. The Morgan fingerprint density at radius 1 is 1.30 bits per heavy atom. The van der Waals surface area contributed by atoms with Crippen LogP contribution < -0.4 is 5.32 Å². The van der Waals surface area contributed by atoms with Crippen molar-refractivity contribution < 1.29 is 4.74 Å². The maximum atomic E-state index is 5.81. The number of benzene rings is 1. The largest absolute Gasteiger partial charge is 0.377 e. The van der Waals surface area contributed by atoms with E-state index in [9.17, 15) is 0 Å². The van der Waals surface area contributed by atoms with Crippen molar-refractivity contribution >= 4 is 0 Å². The van der Waals surface area contributed by atoms with Gasteiger partial charge in [0.05, 0.1) is 11.6 Å². The molecule has 3 nitrogen and oxygen atoms in total. The molecule has 2 fully saturated rings. The van der Waals surface area contributed by atoms with Crippen LogP contribution in [0.4, 0.5) is 0 Å². The van der Waals surface area contributed by atoms with Crippen LogP contribution >= 0.6 is 0 Å². The van der Waals surface area contributed by atoms with Gasteiger partial charge in [0, 0.05) is 19.7 Å². The molecule has 0 saturated carbocycles. The third kappa shape index (κ3) is 3.22. The lowest BCUT2D eigenvalue weighted by Crippen LogP contribution is -2.47. The standard InChI is InChI=1S/C17H26N2O/c1-17(15-7-3-2-4-8-15)14-19(11-6-10-18-17)13-16-9-5-12-20-16/h2-4,7-8,16,18H,5-6,9-14H2,1H3. The lowest BCUT2D eigenvalue weighted by Gasteiger charge is -2.35. The lowest BCUT2D eigenvalue weighted by atomic mass is 9.91. The molecule has 0 aliphatic carbocycles. The van der Waals surface area contributed by atoms with E-state index in [-0.39, 0.29) is 5.54 Å². The van der Waals surface area contributed by atoms with Crippen LogP contribution in [-0.2, 0) is 10.3 Å². The van der Waals surface area contributed by atoms with E-state index in [1.165, 1.54) is 31.4 Å². The summed E-state index contributed by atoms with van der Waals surface area (Å²) in [6.45, 7) is 7.70. The second-order valence-corrected chi connectivity index (χ2v) is 6.35. The average Bonchev–Trinajstić information content (AvgIpc) is 2.90. The van der Waals surface area contributed by atoms with Gasteiger partial charge in [0.2, 0.25) is 0 Å². The number of hydrogen-bond acceptors (Lipinski definition) is 3. The minimum atomic E-state index is 0.0519. The second-order valence-electron chi connectivity index (χ2n) is 6.35. The number of rotatable bonds is 3. The summed E-state index contributed by atoms with van der Waals surface area (Å²) < 4.78 is 5.81. The van der Waals surface area contributed by atoms with Crippen molar-refractivity contribution in [1.82, 2.24) is 10.2 Å². The topological polar surface area (TPSA) is 24.5 Å². The van der Waals surface area contributed by atoms with E-state index in [0.29, 0.717) is 6.10 Å². The summed E-state index contributed by atoms with van der Waals surface area (Å²) in [4.78, 5) is 2.59. The highest BCUT2D eigenvalue weighted by Gasteiger charge is 2.32. The van der Waals surface area contributed by atoms with Crippen molar-refractivity contribution in [2.45, 2.75) is 37.8 Å². The van der Waals surface area contributed by atoms with E-state index >= 15 is 0 Å². The Labute approximate surface area is 122 Å². The smallest absolute Gasteiger partial charge is 0.0702 e. The number of hydrogen-bond donors (Lipinski definition) is 1. The van der Waals surface area contributed by atoms with Gasteiger partial charge < -0.3 is 10.1 Å². The molecule has 3 rings (SSSR count). The molecule has 0 aromatic heterocycles. The van der Waals surface area contributed by atoms with Crippen molar-refractivity contribution in [2.24, 2.45) is 0 Å². The molecule has 2 aliphatic rings. The SMILES string of the molecule is CC1(c2ccccc2)CN(CC2CCCO2)CCCN1. The normalized spacial score (nSPS) is 32.1. The minimum Gasteiger partial charge on any atom is -0.377 e. The van der Waals surface area contributed by atoms with E-state index in [1.807, 2.05) is 0 Å². The zero-order valence-electron chi connectivity index (χ0n) is 12.5. The van der Waals surface area contributed by atoms with E-state index in [2.05, 4.69) is 47.5 Å². The first kappa shape index (κ1) is 14.1. The summed E-state index contributed by atoms with van der Waals surface area (Å²) in [5.41, 5.74) is 1.44. The van der Waals surface area contributed by atoms with E-state index in [4.69, 9.17) is 4.74 Å². The highest BCUT2D eigenvalue weighted by atomic mass is 16.5. The summed E-state index contributed by atoms with van der Waals surface area (Å²) in [7, 11) is 0. The van der Waals surface area contributed by atoms with Gasteiger partial charge in [-0.15, -0.1) is 0 Å². The van der Waals surface area contributed by atoms with Gasteiger partial charge in [-0.25, -0.2) is 0 Å². The third-order valence-electron chi connectivity index (χ3n) is 4.60. The van der Waals surface area contributed by atoms with Crippen molar-refractivity contribution in [2.75, 3.05) is 32.8 Å². The Hall–Kier alpha value is -0.900. The van der Waals surface area contributed by atoms with Crippen molar-refractivity contribution in [3.05, 3.63) is 35.9 Å². The van der Waals surface area contributed by atoms with Gasteiger partial charge >= 0.3 is 0 Å². The predicted molar refractivity (Wildman–Crippen MR) is 81.8 cm³/mol. The Bertz CT molecular complexity index is 416. The van der Waals surface area contributed by atoms with Crippen molar-refractivity contribution in [3.63, 3.8) is 0 Å². The molecule has 110 valence electrons. The quantitative estimate of drug-likeness (QED) is 0.916. The molecule has 2 saturated heterocycles. The van der Waals surface area contributed by atoms with Gasteiger partial charge in [-0.2, -0.15) is 0 Å². The first-order valence-corrected chi connectivity index (χ1v) is 7.91. The fraction of sp³-hybridized carbons (Fsp3) is 0.647. The van der Waals surface area contributed by atoms with Crippen LogP contribution in [-0.4, -0.2) is 43.8 Å². The van der Waals surface area contributed by atoms with Gasteiger partial charge in [-0.05, 0) is 44.8 Å². The fourth-order valence-corrected chi connectivity index (χ4v) is 3.48. The molecule has 0 radical (unpaired) electrons. The molecule has 2 atom stereocenters.